The number of nitrogens with zero attached hydrogens (tertiary/aromatic N) is 4. The molecule has 4 aromatic heterocycles. The molecule has 0 saturated heterocycles. The molecule has 0 aliphatic carbocycles. The normalized spacial score (nSPS) is 11.9. The van der Waals surface area contributed by atoms with Crippen LogP contribution in [0.5, 0.6) is 0 Å². The molecule has 57 heavy (non-hydrogen) atoms. The molecule has 12 aromatic rings. The Hall–Kier alpha value is -7.41. The molecule has 8 aromatic carbocycles. The molecule has 0 fully saturated rings. The van der Waals surface area contributed by atoms with Crippen LogP contribution in [0, 0.1) is 0 Å². The van der Waals surface area contributed by atoms with Crippen LogP contribution < -0.4 is 0 Å². The van der Waals surface area contributed by atoms with Crippen LogP contribution in [-0.4, -0.2) is 19.5 Å². The molecule has 0 N–H and O–H groups in total. The van der Waals surface area contributed by atoms with E-state index in [-0.39, 0.29) is 0 Å². The molecular weight excluding hydrogens is 717 g/mol. The predicted molar refractivity (Wildman–Crippen MR) is 236 cm³/mol. The fraction of sp³-hybridized carbons (Fsp3) is 0. The smallest absolute Gasteiger partial charge is 0.166 e. The van der Waals surface area contributed by atoms with E-state index in [1.807, 2.05) is 48.5 Å². The Kier molecular flexibility index (Phi) is 7.03. The quantitative estimate of drug-likeness (QED) is 0.176. The van der Waals surface area contributed by atoms with Crippen LogP contribution in [0.3, 0.4) is 0 Å². The van der Waals surface area contributed by atoms with Gasteiger partial charge in [-0.2, -0.15) is 0 Å². The minimum atomic E-state index is 0.617. The molecule has 12 rings (SSSR count). The highest BCUT2D eigenvalue weighted by molar-refractivity contribution is 7.26. The lowest BCUT2D eigenvalue weighted by molar-refractivity contribution is 0.669. The first-order chi connectivity index (χ1) is 28.3. The number of thiophene rings is 1. The van der Waals surface area contributed by atoms with E-state index in [9.17, 15) is 0 Å². The van der Waals surface area contributed by atoms with Gasteiger partial charge >= 0.3 is 0 Å². The van der Waals surface area contributed by atoms with Crippen molar-refractivity contribution in [2.45, 2.75) is 0 Å². The van der Waals surface area contributed by atoms with Gasteiger partial charge in [0.1, 0.15) is 11.2 Å². The van der Waals surface area contributed by atoms with Gasteiger partial charge in [-0.1, -0.05) is 140 Å². The Labute approximate surface area is 330 Å². The number of furan rings is 1. The van der Waals surface area contributed by atoms with Crippen LogP contribution in [0.4, 0.5) is 0 Å². The third kappa shape index (κ3) is 4.91. The predicted octanol–water partition coefficient (Wildman–Crippen LogP) is 13.9. The summed E-state index contributed by atoms with van der Waals surface area (Å²) >= 11 is 1.80. The summed E-state index contributed by atoms with van der Waals surface area (Å²) in [6.07, 6.45) is 0. The number of hydrogen-bond donors (Lipinski definition) is 0. The van der Waals surface area contributed by atoms with E-state index in [1.54, 1.807) is 11.3 Å². The van der Waals surface area contributed by atoms with E-state index in [0.717, 1.165) is 81.9 Å². The van der Waals surface area contributed by atoms with Gasteiger partial charge in [0.25, 0.3) is 0 Å². The van der Waals surface area contributed by atoms with E-state index < -0.39 is 0 Å². The molecule has 0 saturated carbocycles. The number of hydrogen-bond acceptors (Lipinski definition) is 5. The Morgan fingerprint density at radius 2 is 0.912 bits per heavy atom. The number of aromatic nitrogens is 4. The highest BCUT2D eigenvalue weighted by Gasteiger charge is 2.25. The first-order valence-electron chi connectivity index (χ1n) is 19.0. The molecule has 0 amide bonds. The summed E-state index contributed by atoms with van der Waals surface area (Å²) in [5.74, 6) is 1.87. The summed E-state index contributed by atoms with van der Waals surface area (Å²) in [7, 11) is 0. The van der Waals surface area contributed by atoms with Gasteiger partial charge in [0.2, 0.25) is 0 Å². The molecule has 0 bridgehead atoms. The number of fused-ring (bicyclic) bond motifs is 9. The second-order valence-electron chi connectivity index (χ2n) is 14.3. The zero-order chi connectivity index (χ0) is 37.5. The van der Waals surface area contributed by atoms with Crippen molar-refractivity contribution < 1.29 is 4.42 Å². The lowest BCUT2D eigenvalue weighted by Crippen LogP contribution is -2.04. The van der Waals surface area contributed by atoms with E-state index >= 15 is 0 Å². The van der Waals surface area contributed by atoms with Crippen LogP contribution in [-0.2, 0) is 0 Å². The standard InChI is InChI=1S/C51H30N4OS/c1-3-15-31(16-4-1)49-52-50(32-17-5-2-6-18-32)54-51(53-49)47-40(55-38-24-10-7-19-33(38)34-20-8-11-25-39(34)55)29-30-44-48(47)46-36(23-14-28-43(46)57-44)35-22-13-27-42-45(35)37-21-9-12-26-41(37)56-42/h1-30H. The second-order valence-corrected chi connectivity index (χ2v) is 15.4. The van der Waals surface area contributed by atoms with Crippen molar-refractivity contribution in [2.75, 3.05) is 0 Å². The lowest BCUT2D eigenvalue weighted by Gasteiger charge is -2.17. The average Bonchev–Trinajstić information content (AvgIpc) is 3.96. The Bertz CT molecular complexity index is 3420. The number of para-hydroxylation sites is 3. The van der Waals surface area contributed by atoms with Gasteiger partial charge in [-0.25, -0.2) is 15.0 Å². The summed E-state index contributed by atoms with van der Waals surface area (Å²) in [5.41, 5.74) is 10.1. The summed E-state index contributed by atoms with van der Waals surface area (Å²) in [6.45, 7) is 0. The van der Waals surface area contributed by atoms with E-state index in [2.05, 4.69) is 138 Å². The van der Waals surface area contributed by atoms with Crippen molar-refractivity contribution in [3.05, 3.63) is 182 Å². The van der Waals surface area contributed by atoms with Crippen LogP contribution in [0.2, 0.25) is 0 Å². The molecule has 0 radical (unpaired) electrons. The number of rotatable bonds is 5. The van der Waals surface area contributed by atoms with Gasteiger partial charge in [-0.3, -0.25) is 0 Å². The van der Waals surface area contributed by atoms with Crippen molar-refractivity contribution in [3.63, 3.8) is 0 Å². The molecule has 0 unspecified atom stereocenters. The minimum Gasteiger partial charge on any atom is -0.456 e. The molecular formula is C51H30N4OS. The van der Waals surface area contributed by atoms with Crippen LogP contribution in [0.15, 0.2) is 186 Å². The third-order valence-electron chi connectivity index (χ3n) is 11.1. The molecule has 4 heterocycles. The van der Waals surface area contributed by atoms with Crippen LogP contribution in [0.25, 0.3) is 115 Å². The Morgan fingerprint density at radius 1 is 0.386 bits per heavy atom. The zero-order valence-electron chi connectivity index (χ0n) is 30.4. The maximum Gasteiger partial charge on any atom is 0.166 e. The second kappa shape index (κ2) is 12.6. The van der Waals surface area contributed by atoms with Crippen molar-refractivity contribution in [3.8, 4) is 51.0 Å². The zero-order valence-corrected chi connectivity index (χ0v) is 31.2. The maximum absolute atomic E-state index is 6.42. The molecule has 0 spiro atoms. The van der Waals surface area contributed by atoms with Crippen molar-refractivity contribution >= 4 is 75.3 Å². The SMILES string of the molecule is c1ccc(-c2nc(-c3ccccc3)nc(-c3c(-n4c5ccccc5c5ccccc54)ccc4sc5cccc(-c6cccc7oc8ccccc8c67)c5c34)n2)cc1. The topological polar surface area (TPSA) is 56.7 Å². The largest absolute Gasteiger partial charge is 0.456 e. The molecule has 5 nitrogen and oxygen atoms in total. The van der Waals surface area contributed by atoms with Crippen LogP contribution >= 0.6 is 11.3 Å². The van der Waals surface area contributed by atoms with Crippen molar-refractivity contribution in [1.29, 1.82) is 0 Å². The van der Waals surface area contributed by atoms with Gasteiger partial charge in [0, 0.05) is 52.8 Å². The minimum absolute atomic E-state index is 0.617. The number of benzene rings is 8. The van der Waals surface area contributed by atoms with Crippen molar-refractivity contribution in [1.82, 2.24) is 19.5 Å². The summed E-state index contributed by atoms with van der Waals surface area (Å²) in [4.78, 5) is 15.9. The highest BCUT2D eigenvalue weighted by atomic mass is 32.1. The molecule has 0 atom stereocenters. The highest BCUT2D eigenvalue weighted by Crippen LogP contribution is 2.49. The van der Waals surface area contributed by atoms with E-state index in [4.69, 9.17) is 19.4 Å². The van der Waals surface area contributed by atoms with E-state index in [0.29, 0.717) is 17.5 Å². The molecule has 6 heteroatoms. The summed E-state index contributed by atoms with van der Waals surface area (Å²) in [6, 6.07) is 63.6. The third-order valence-corrected chi connectivity index (χ3v) is 12.2. The monoisotopic (exact) mass is 746 g/mol. The van der Waals surface area contributed by atoms with Gasteiger partial charge < -0.3 is 8.98 Å². The fourth-order valence-corrected chi connectivity index (χ4v) is 9.78. The maximum atomic E-state index is 6.42. The average molecular weight is 747 g/mol. The van der Waals surface area contributed by atoms with E-state index in [1.165, 1.54) is 15.5 Å². The Morgan fingerprint density at radius 3 is 1.60 bits per heavy atom. The van der Waals surface area contributed by atoms with Gasteiger partial charge in [-0.05, 0) is 53.6 Å². The van der Waals surface area contributed by atoms with Gasteiger partial charge in [0.15, 0.2) is 17.5 Å². The fourth-order valence-electron chi connectivity index (χ4n) is 8.64. The lowest BCUT2D eigenvalue weighted by atomic mass is 9.93. The van der Waals surface area contributed by atoms with Crippen molar-refractivity contribution in [2.24, 2.45) is 0 Å². The van der Waals surface area contributed by atoms with Gasteiger partial charge in [0.05, 0.1) is 22.3 Å². The Balaban J connectivity index is 1.27. The summed E-state index contributed by atoms with van der Waals surface area (Å²) in [5, 5.41) is 6.87. The molecule has 0 aliphatic rings. The van der Waals surface area contributed by atoms with Crippen LogP contribution in [0.1, 0.15) is 0 Å². The molecule has 0 aliphatic heterocycles. The summed E-state index contributed by atoms with van der Waals surface area (Å²) < 4.78 is 11.2. The first kappa shape index (κ1) is 31.9. The van der Waals surface area contributed by atoms with Gasteiger partial charge in [-0.15, -0.1) is 11.3 Å². The molecule has 266 valence electrons. The first-order valence-corrected chi connectivity index (χ1v) is 19.8.